The van der Waals surface area contributed by atoms with E-state index in [1.54, 1.807) is 0 Å². The first kappa shape index (κ1) is 13.7. The van der Waals surface area contributed by atoms with Crippen molar-refractivity contribution in [2.24, 2.45) is 11.8 Å². The number of hydrogen-bond acceptors (Lipinski definition) is 2. The van der Waals surface area contributed by atoms with Gasteiger partial charge in [-0.2, -0.15) is 0 Å². The van der Waals surface area contributed by atoms with Gasteiger partial charge in [0.15, 0.2) is 0 Å². The van der Waals surface area contributed by atoms with Crippen LogP contribution >= 0.6 is 0 Å². The molecule has 0 bridgehead atoms. The number of allylic oxidation sites excluding steroid dienone is 2. The second-order valence-corrected chi connectivity index (χ2v) is 5.51. The van der Waals surface area contributed by atoms with Crippen molar-refractivity contribution in [1.82, 2.24) is 10.6 Å². The predicted molar refractivity (Wildman–Crippen MR) is 71.7 cm³/mol. The highest BCUT2D eigenvalue weighted by atomic mass is 15.0. The first-order valence-corrected chi connectivity index (χ1v) is 6.77. The normalized spacial score (nSPS) is 22.6. The molecule has 1 aliphatic carbocycles. The lowest BCUT2D eigenvalue weighted by Crippen LogP contribution is -2.39. The van der Waals surface area contributed by atoms with Gasteiger partial charge in [0, 0.05) is 12.6 Å². The fourth-order valence-corrected chi connectivity index (χ4v) is 2.07. The summed E-state index contributed by atoms with van der Waals surface area (Å²) in [5, 5.41) is 7.13. The summed E-state index contributed by atoms with van der Waals surface area (Å²) in [5.41, 5.74) is 0. The van der Waals surface area contributed by atoms with E-state index in [1.165, 1.54) is 25.8 Å². The molecule has 0 aromatic heterocycles. The third kappa shape index (κ3) is 6.29. The molecule has 0 aromatic rings. The predicted octanol–water partition coefficient (Wildman–Crippen LogP) is 2.57. The van der Waals surface area contributed by atoms with Crippen LogP contribution in [0, 0.1) is 11.8 Å². The van der Waals surface area contributed by atoms with E-state index in [0.29, 0.717) is 6.04 Å². The lowest BCUT2D eigenvalue weighted by molar-refractivity contribution is 0.397. The fourth-order valence-electron chi connectivity index (χ4n) is 2.07. The zero-order valence-electron chi connectivity index (χ0n) is 11.1. The van der Waals surface area contributed by atoms with Crippen LogP contribution in [-0.2, 0) is 0 Å². The van der Waals surface area contributed by atoms with Crippen LogP contribution in [0.25, 0.3) is 0 Å². The largest absolute Gasteiger partial charge is 0.315 e. The van der Waals surface area contributed by atoms with E-state index < -0.39 is 0 Å². The van der Waals surface area contributed by atoms with E-state index >= 15 is 0 Å². The van der Waals surface area contributed by atoms with E-state index in [2.05, 4.69) is 43.6 Å². The minimum atomic E-state index is 0.588. The van der Waals surface area contributed by atoms with Crippen molar-refractivity contribution in [3.05, 3.63) is 12.2 Å². The van der Waals surface area contributed by atoms with Crippen LogP contribution in [0.4, 0.5) is 0 Å². The van der Waals surface area contributed by atoms with E-state index in [4.69, 9.17) is 0 Å². The molecule has 94 valence electrons. The Labute approximate surface area is 101 Å². The quantitative estimate of drug-likeness (QED) is 0.650. The summed E-state index contributed by atoms with van der Waals surface area (Å²) in [6.07, 6.45) is 8.53. The summed E-state index contributed by atoms with van der Waals surface area (Å²) in [6, 6.07) is 0.588. The van der Waals surface area contributed by atoms with Gasteiger partial charge in [-0.1, -0.05) is 26.0 Å². The maximum absolute atomic E-state index is 3.63. The molecule has 0 heterocycles. The minimum absolute atomic E-state index is 0.588. The molecule has 0 radical (unpaired) electrons. The molecule has 2 nitrogen and oxygen atoms in total. The second-order valence-electron chi connectivity index (χ2n) is 5.51. The maximum Gasteiger partial charge on any atom is 0.0164 e. The van der Waals surface area contributed by atoms with Crippen molar-refractivity contribution < 1.29 is 0 Å². The zero-order valence-corrected chi connectivity index (χ0v) is 11.1. The van der Waals surface area contributed by atoms with Gasteiger partial charge in [-0.15, -0.1) is 0 Å². The molecule has 0 saturated carbocycles. The lowest BCUT2D eigenvalue weighted by Gasteiger charge is -2.22. The maximum atomic E-state index is 3.63. The van der Waals surface area contributed by atoms with Crippen LogP contribution in [0.1, 0.15) is 40.0 Å². The van der Waals surface area contributed by atoms with Gasteiger partial charge in [-0.05, 0) is 51.1 Å². The highest BCUT2D eigenvalue weighted by Gasteiger charge is 2.10. The Morgan fingerprint density at radius 3 is 2.62 bits per heavy atom. The van der Waals surface area contributed by atoms with Crippen LogP contribution in [0.5, 0.6) is 0 Å². The summed E-state index contributed by atoms with van der Waals surface area (Å²) in [4.78, 5) is 0. The Kier molecular flexibility index (Phi) is 6.74. The average molecular weight is 224 g/mol. The molecule has 0 fully saturated rings. The molecule has 16 heavy (non-hydrogen) atoms. The third-order valence-corrected chi connectivity index (χ3v) is 3.14. The van der Waals surface area contributed by atoms with Crippen molar-refractivity contribution in [1.29, 1.82) is 0 Å². The van der Waals surface area contributed by atoms with E-state index in [9.17, 15) is 0 Å². The van der Waals surface area contributed by atoms with Crippen molar-refractivity contribution in [3.63, 3.8) is 0 Å². The summed E-state index contributed by atoms with van der Waals surface area (Å²) in [7, 11) is 0. The second kappa shape index (κ2) is 7.86. The third-order valence-electron chi connectivity index (χ3n) is 3.14. The summed E-state index contributed by atoms with van der Waals surface area (Å²) in [6.45, 7) is 10.2. The highest BCUT2D eigenvalue weighted by Crippen LogP contribution is 2.16. The standard InChI is InChI=1S/C14H28N2/c1-12(2)9-15-10-13(3)16-11-14-7-5-4-6-8-14/h4-5,12-16H,6-11H2,1-3H3. The molecular weight excluding hydrogens is 196 g/mol. The lowest BCUT2D eigenvalue weighted by atomic mass is 9.94. The van der Waals surface area contributed by atoms with Crippen LogP contribution in [0.3, 0.4) is 0 Å². The fraction of sp³-hybridized carbons (Fsp3) is 0.857. The molecule has 0 amide bonds. The van der Waals surface area contributed by atoms with Crippen LogP contribution < -0.4 is 10.6 Å². The minimum Gasteiger partial charge on any atom is -0.315 e. The van der Waals surface area contributed by atoms with Crippen molar-refractivity contribution in [3.8, 4) is 0 Å². The molecule has 1 aliphatic rings. The van der Waals surface area contributed by atoms with Gasteiger partial charge in [0.05, 0.1) is 0 Å². The first-order valence-electron chi connectivity index (χ1n) is 6.77. The van der Waals surface area contributed by atoms with Crippen LogP contribution in [-0.4, -0.2) is 25.7 Å². The number of nitrogens with one attached hydrogen (secondary N) is 2. The van der Waals surface area contributed by atoms with Gasteiger partial charge in [0.25, 0.3) is 0 Å². The summed E-state index contributed by atoms with van der Waals surface area (Å²) >= 11 is 0. The van der Waals surface area contributed by atoms with E-state index in [0.717, 1.165) is 24.9 Å². The van der Waals surface area contributed by atoms with E-state index in [-0.39, 0.29) is 0 Å². The molecule has 2 unspecified atom stereocenters. The molecule has 0 aromatic carbocycles. The topological polar surface area (TPSA) is 24.1 Å². The Bertz CT molecular complexity index is 199. The average Bonchev–Trinajstić information content (AvgIpc) is 2.27. The molecule has 1 rings (SSSR count). The van der Waals surface area contributed by atoms with Crippen molar-refractivity contribution >= 4 is 0 Å². The highest BCUT2D eigenvalue weighted by molar-refractivity contribution is 4.90. The van der Waals surface area contributed by atoms with Gasteiger partial charge < -0.3 is 10.6 Å². The Balaban J connectivity index is 2.01. The van der Waals surface area contributed by atoms with Crippen molar-refractivity contribution in [2.45, 2.75) is 46.1 Å². The first-order chi connectivity index (χ1) is 7.68. The SMILES string of the molecule is CC(C)CNCC(C)NCC1CC=CCC1. The van der Waals surface area contributed by atoms with Gasteiger partial charge in [0.2, 0.25) is 0 Å². The number of rotatable bonds is 7. The molecule has 2 atom stereocenters. The van der Waals surface area contributed by atoms with Crippen LogP contribution in [0.15, 0.2) is 12.2 Å². The Morgan fingerprint density at radius 2 is 2.00 bits per heavy atom. The Morgan fingerprint density at radius 1 is 1.19 bits per heavy atom. The molecular formula is C14H28N2. The smallest absolute Gasteiger partial charge is 0.0164 e. The molecule has 2 heteroatoms. The van der Waals surface area contributed by atoms with Crippen molar-refractivity contribution in [2.75, 3.05) is 19.6 Å². The van der Waals surface area contributed by atoms with Gasteiger partial charge in [0.1, 0.15) is 0 Å². The monoisotopic (exact) mass is 224 g/mol. The van der Waals surface area contributed by atoms with Gasteiger partial charge >= 0.3 is 0 Å². The molecule has 0 aliphatic heterocycles. The van der Waals surface area contributed by atoms with Gasteiger partial charge in [-0.25, -0.2) is 0 Å². The Hall–Kier alpha value is -0.340. The van der Waals surface area contributed by atoms with Crippen LogP contribution in [0.2, 0.25) is 0 Å². The van der Waals surface area contributed by atoms with Gasteiger partial charge in [-0.3, -0.25) is 0 Å². The molecule has 2 N–H and O–H groups in total. The molecule has 0 saturated heterocycles. The molecule has 0 spiro atoms. The number of hydrogen-bond donors (Lipinski definition) is 2. The summed E-state index contributed by atoms with van der Waals surface area (Å²) < 4.78 is 0. The summed E-state index contributed by atoms with van der Waals surface area (Å²) in [5.74, 6) is 1.60. The zero-order chi connectivity index (χ0) is 11.8. The van der Waals surface area contributed by atoms with E-state index in [1.807, 2.05) is 0 Å².